The van der Waals surface area contributed by atoms with Crippen LogP contribution in [0.2, 0.25) is 0 Å². The lowest BCUT2D eigenvalue weighted by Crippen LogP contribution is -2.47. The van der Waals surface area contributed by atoms with Crippen molar-refractivity contribution in [2.75, 3.05) is 6.61 Å². The van der Waals surface area contributed by atoms with Gasteiger partial charge in [0.05, 0.1) is 12.7 Å². The van der Waals surface area contributed by atoms with Gasteiger partial charge in [-0.15, -0.1) is 0 Å². The summed E-state index contributed by atoms with van der Waals surface area (Å²) in [6.07, 6.45) is 4.05. The zero-order chi connectivity index (χ0) is 13.9. The molecule has 1 heterocycles. The first-order chi connectivity index (χ1) is 8.99. The van der Waals surface area contributed by atoms with Gasteiger partial charge in [0.25, 0.3) is 0 Å². The van der Waals surface area contributed by atoms with Gasteiger partial charge in [-0.3, -0.25) is 0 Å². The second-order valence-corrected chi connectivity index (χ2v) is 6.24. The quantitative estimate of drug-likeness (QED) is 0.813. The molecule has 0 unspecified atom stereocenters. The molecule has 0 spiro atoms. The van der Waals surface area contributed by atoms with Gasteiger partial charge in [-0.2, -0.15) is 0 Å². The Morgan fingerprint density at radius 2 is 1.89 bits per heavy atom. The summed E-state index contributed by atoms with van der Waals surface area (Å²) in [5.41, 5.74) is 1.24. The van der Waals surface area contributed by atoms with Gasteiger partial charge in [-0.1, -0.05) is 64.1 Å². The molecule has 0 aromatic heterocycles. The third-order valence-corrected chi connectivity index (χ3v) is 3.52. The van der Waals surface area contributed by atoms with Crippen molar-refractivity contribution in [3.63, 3.8) is 0 Å². The van der Waals surface area contributed by atoms with Crippen molar-refractivity contribution in [1.29, 1.82) is 0 Å². The van der Waals surface area contributed by atoms with Gasteiger partial charge in [0.2, 0.25) is 0 Å². The van der Waals surface area contributed by atoms with Gasteiger partial charge < -0.3 is 9.47 Å². The molecule has 1 aliphatic rings. The minimum Gasteiger partial charge on any atom is -0.348 e. The predicted molar refractivity (Wildman–Crippen MR) is 78.7 cm³/mol. The Hall–Kier alpha value is -1.12. The maximum Gasteiger partial charge on any atom is 0.177 e. The van der Waals surface area contributed by atoms with Gasteiger partial charge in [0.15, 0.2) is 6.29 Å². The van der Waals surface area contributed by atoms with E-state index >= 15 is 0 Å². The molecule has 1 aromatic carbocycles. The van der Waals surface area contributed by atoms with E-state index in [4.69, 9.17) is 9.47 Å². The summed E-state index contributed by atoms with van der Waals surface area (Å²) in [7, 11) is 0. The Balaban J connectivity index is 2.02. The molecule has 1 saturated heterocycles. The summed E-state index contributed by atoms with van der Waals surface area (Å²) in [6.45, 7) is 9.55. The summed E-state index contributed by atoms with van der Waals surface area (Å²) in [4.78, 5) is 0. The molecule has 0 N–H and O–H groups in total. The lowest BCUT2D eigenvalue weighted by Gasteiger charge is -2.43. The normalized spacial score (nSPS) is 27.0. The molecular formula is C17H24O2. The SMILES string of the molecule is CC(C)[C@@H]1O[C@H](/C=C/c2ccccc2)OCC1(C)C. The predicted octanol–water partition coefficient (Wildman–Crippen LogP) is 4.12. The summed E-state index contributed by atoms with van der Waals surface area (Å²) in [5, 5.41) is 0. The largest absolute Gasteiger partial charge is 0.348 e. The van der Waals surface area contributed by atoms with Crippen LogP contribution in [0.1, 0.15) is 33.3 Å². The molecule has 1 fully saturated rings. The Morgan fingerprint density at radius 3 is 2.53 bits per heavy atom. The van der Waals surface area contributed by atoms with Crippen LogP contribution in [-0.2, 0) is 9.47 Å². The Kier molecular flexibility index (Phi) is 4.43. The summed E-state index contributed by atoms with van der Waals surface area (Å²) < 4.78 is 11.9. The molecule has 0 amide bonds. The molecule has 1 aliphatic heterocycles. The molecule has 1 aromatic rings. The number of rotatable bonds is 3. The molecule has 2 atom stereocenters. The van der Waals surface area contributed by atoms with Crippen LogP contribution in [0, 0.1) is 11.3 Å². The fourth-order valence-corrected chi connectivity index (χ4v) is 2.66. The number of hydrogen-bond acceptors (Lipinski definition) is 2. The van der Waals surface area contributed by atoms with Gasteiger partial charge in [0, 0.05) is 5.41 Å². The molecule has 19 heavy (non-hydrogen) atoms. The summed E-state index contributed by atoms with van der Waals surface area (Å²) in [5.74, 6) is 0.492. The second-order valence-electron chi connectivity index (χ2n) is 6.24. The van der Waals surface area contributed by atoms with Crippen molar-refractivity contribution >= 4 is 6.08 Å². The van der Waals surface area contributed by atoms with Crippen LogP contribution in [0.15, 0.2) is 36.4 Å². The van der Waals surface area contributed by atoms with E-state index in [2.05, 4.69) is 45.9 Å². The van der Waals surface area contributed by atoms with Gasteiger partial charge in [-0.25, -0.2) is 0 Å². The van der Waals surface area contributed by atoms with Gasteiger partial charge >= 0.3 is 0 Å². The van der Waals surface area contributed by atoms with E-state index < -0.39 is 0 Å². The average Bonchev–Trinajstić information content (AvgIpc) is 2.38. The topological polar surface area (TPSA) is 18.5 Å². The first-order valence-electron chi connectivity index (χ1n) is 6.99. The highest BCUT2D eigenvalue weighted by atomic mass is 16.7. The second kappa shape index (κ2) is 5.89. The van der Waals surface area contributed by atoms with Crippen molar-refractivity contribution in [3.05, 3.63) is 42.0 Å². The summed E-state index contributed by atoms with van der Waals surface area (Å²) in [6, 6.07) is 10.2. The Morgan fingerprint density at radius 1 is 1.21 bits per heavy atom. The molecular weight excluding hydrogens is 236 g/mol. The van der Waals surface area contributed by atoms with Crippen LogP contribution in [0.5, 0.6) is 0 Å². The third-order valence-electron chi connectivity index (χ3n) is 3.52. The lowest BCUT2D eigenvalue weighted by molar-refractivity contribution is -0.249. The van der Waals surface area contributed by atoms with Crippen LogP contribution in [0.3, 0.4) is 0 Å². The van der Waals surface area contributed by atoms with Crippen molar-refractivity contribution in [3.8, 4) is 0 Å². The molecule has 0 radical (unpaired) electrons. The average molecular weight is 260 g/mol. The number of ether oxygens (including phenoxy) is 2. The monoisotopic (exact) mass is 260 g/mol. The van der Waals surface area contributed by atoms with Crippen LogP contribution in [-0.4, -0.2) is 19.0 Å². The molecule has 0 bridgehead atoms. The first-order valence-corrected chi connectivity index (χ1v) is 6.99. The zero-order valence-electron chi connectivity index (χ0n) is 12.3. The van der Waals surface area contributed by atoms with Crippen LogP contribution in [0.4, 0.5) is 0 Å². The molecule has 0 saturated carbocycles. The van der Waals surface area contributed by atoms with Crippen LogP contribution < -0.4 is 0 Å². The van der Waals surface area contributed by atoms with Crippen LogP contribution >= 0.6 is 0 Å². The zero-order valence-corrected chi connectivity index (χ0v) is 12.3. The van der Waals surface area contributed by atoms with Crippen molar-refractivity contribution in [1.82, 2.24) is 0 Å². The van der Waals surface area contributed by atoms with E-state index in [1.165, 1.54) is 5.56 Å². The highest BCUT2D eigenvalue weighted by Crippen LogP contribution is 2.34. The van der Waals surface area contributed by atoms with E-state index in [0.717, 1.165) is 6.61 Å². The smallest absolute Gasteiger partial charge is 0.177 e. The maximum atomic E-state index is 6.08. The van der Waals surface area contributed by atoms with Crippen molar-refractivity contribution in [2.24, 2.45) is 11.3 Å². The van der Waals surface area contributed by atoms with Crippen LogP contribution in [0.25, 0.3) is 6.08 Å². The molecule has 2 nitrogen and oxygen atoms in total. The van der Waals surface area contributed by atoms with E-state index in [1.807, 2.05) is 24.3 Å². The summed E-state index contributed by atoms with van der Waals surface area (Å²) >= 11 is 0. The van der Waals surface area contributed by atoms with Crippen molar-refractivity contribution < 1.29 is 9.47 Å². The first kappa shape index (κ1) is 14.3. The molecule has 0 aliphatic carbocycles. The molecule has 104 valence electrons. The molecule has 2 rings (SSSR count). The fourth-order valence-electron chi connectivity index (χ4n) is 2.66. The number of benzene rings is 1. The Labute approximate surface area is 116 Å². The van der Waals surface area contributed by atoms with E-state index in [1.54, 1.807) is 0 Å². The third kappa shape index (κ3) is 3.68. The van der Waals surface area contributed by atoms with Gasteiger partial charge in [-0.05, 0) is 17.6 Å². The Bertz CT molecular complexity index is 420. The van der Waals surface area contributed by atoms with E-state index in [-0.39, 0.29) is 17.8 Å². The van der Waals surface area contributed by atoms with E-state index in [9.17, 15) is 0 Å². The minimum absolute atomic E-state index is 0.0747. The van der Waals surface area contributed by atoms with Crippen molar-refractivity contribution in [2.45, 2.75) is 40.1 Å². The standard InChI is InChI=1S/C17H24O2/c1-13(2)16-17(3,4)12-18-15(19-16)11-10-14-8-6-5-7-9-14/h5-11,13,15-16H,12H2,1-4H3/b11-10+/t15-,16+/m1/s1. The maximum absolute atomic E-state index is 6.08. The highest BCUT2D eigenvalue weighted by Gasteiger charge is 2.39. The fraction of sp³-hybridized carbons (Fsp3) is 0.529. The molecule has 2 heteroatoms. The van der Waals surface area contributed by atoms with E-state index in [0.29, 0.717) is 5.92 Å². The number of hydrogen-bond donors (Lipinski definition) is 0. The minimum atomic E-state index is -0.236. The van der Waals surface area contributed by atoms with Gasteiger partial charge in [0.1, 0.15) is 0 Å². The highest BCUT2D eigenvalue weighted by molar-refractivity contribution is 5.49. The lowest BCUT2D eigenvalue weighted by atomic mass is 9.80.